The average molecular weight is 620 g/mol. The summed E-state index contributed by atoms with van der Waals surface area (Å²) in [6.07, 6.45) is 1.64. The zero-order valence-electron chi connectivity index (χ0n) is 18.6. The number of nitrogens with zero attached hydrogens (tertiary/aromatic N) is 1. The van der Waals surface area contributed by atoms with Crippen molar-refractivity contribution in [2.45, 2.75) is 0 Å². The second kappa shape index (κ2) is 11.1. The van der Waals surface area contributed by atoms with E-state index in [9.17, 15) is 4.79 Å². The number of benzene rings is 3. The number of anilines is 1. The molecule has 2 N–H and O–H groups in total. The Hall–Kier alpha value is -3.15. The predicted octanol–water partition coefficient (Wildman–Crippen LogP) is 6.43. The Labute approximate surface area is 225 Å². The third-order valence-corrected chi connectivity index (χ3v) is 6.17. The van der Waals surface area contributed by atoms with E-state index in [4.69, 9.17) is 38.0 Å². The maximum Gasteiger partial charge on any atom is 0.257 e. The quantitative estimate of drug-likeness (QED) is 0.190. The van der Waals surface area contributed by atoms with Crippen LogP contribution in [-0.4, -0.2) is 30.2 Å². The minimum absolute atomic E-state index is 0.152. The van der Waals surface area contributed by atoms with Crippen LogP contribution in [-0.2, 0) is 0 Å². The summed E-state index contributed by atoms with van der Waals surface area (Å²) in [7, 11) is 3.13. The number of carbonyl (C=O) groups excluding carboxylic acids is 1. The Morgan fingerprint density at radius 3 is 2.34 bits per heavy atom. The van der Waals surface area contributed by atoms with Crippen molar-refractivity contribution >= 4 is 74.0 Å². The van der Waals surface area contributed by atoms with Crippen molar-refractivity contribution in [1.82, 2.24) is 10.3 Å². The molecule has 1 heterocycles. The Morgan fingerprint density at radius 2 is 1.66 bits per heavy atom. The molecule has 0 spiro atoms. The summed E-state index contributed by atoms with van der Waals surface area (Å²) >= 11 is 13.9. The van der Waals surface area contributed by atoms with Gasteiger partial charge in [0.25, 0.3) is 5.91 Å². The summed E-state index contributed by atoms with van der Waals surface area (Å²) in [5.74, 6) is 1.82. The second-order valence-corrected chi connectivity index (χ2v) is 9.26. The van der Waals surface area contributed by atoms with Crippen LogP contribution in [0, 0.1) is 3.57 Å². The van der Waals surface area contributed by atoms with E-state index in [-0.39, 0.29) is 11.0 Å². The fraction of sp³-hybridized carbons (Fsp3) is 0.0800. The molecule has 10 heteroatoms. The number of thiocarbonyl (C=S) groups is 1. The number of fused-ring (bicyclic) bond motifs is 1. The molecule has 7 nitrogen and oxygen atoms in total. The van der Waals surface area contributed by atoms with Gasteiger partial charge >= 0.3 is 0 Å². The molecule has 0 saturated heterocycles. The molecule has 0 saturated carbocycles. The molecular formula is C25H19ClIN3O4S. The lowest BCUT2D eigenvalue weighted by Crippen LogP contribution is -2.34. The molecule has 35 heavy (non-hydrogen) atoms. The van der Waals surface area contributed by atoms with Gasteiger partial charge in [-0.15, -0.1) is 0 Å². The molecule has 4 rings (SSSR count). The minimum Gasteiger partial charge on any atom is -0.493 e. The Morgan fingerprint density at radius 1 is 0.943 bits per heavy atom. The zero-order valence-corrected chi connectivity index (χ0v) is 22.3. The van der Waals surface area contributed by atoms with E-state index in [2.05, 4.69) is 38.2 Å². The summed E-state index contributed by atoms with van der Waals surface area (Å²) in [4.78, 5) is 16.7. The Kier molecular flexibility index (Phi) is 7.89. The van der Waals surface area contributed by atoms with Gasteiger partial charge in [-0.2, -0.15) is 0 Å². The van der Waals surface area contributed by atoms with Crippen molar-refractivity contribution in [1.29, 1.82) is 0 Å². The van der Waals surface area contributed by atoms with Crippen molar-refractivity contribution < 1.29 is 19.0 Å². The van der Waals surface area contributed by atoms with E-state index < -0.39 is 0 Å². The van der Waals surface area contributed by atoms with Crippen LogP contribution in [0.4, 0.5) is 5.69 Å². The van der Waals surface area contributed by atoms with Gasteiger partial charge in [0.1, 0.15) is 11.5 Å². The van der Waals surface area contributed by atoms with Crippen molar-refractivity contribution in [3.05, 3.63) is 81.0 Å². The van der Waals surface area contributed by atoms with Crippen LogP contribution in [0.3, 0.4) is 0 Å². The van der Waals surface area contributed by atoms with Gasteiger partial charge in [-0.3, -0.25) is 15.1 Å². The molecule has 3 aromatic carbocycles. The van der Waals surface area contributed by atoms with Crippen molar-refractivity contribution in [2.75, 3.05) is 19.5 Å². The summed E-state index contributed by atoms with van der Waals surface area (Å²) in [6.45, 7) is 0. The normalized spacial score (nSPS) is 10.5. The van der Waals surface area contributed by atoms with Crippen molar-refractivity contribution in [2.24, 2.45) is 0 Å². The molecule has 0 fully saturated rings. The third kappa shape index (κ3) is 5.92. The monoisotopic (exact) mass is 619 g/mol. The lowest BCUT2D eigenvalue weighted by molar-refractivity contribution is 0.0977. The Bertz CT molecular complexity index is 1420. The number of pyridine rings is 1. The highest BCUT2D eigenvalue weighted by Crippen LogP contribution is 2.38. The molecule has 0 aliphatic heterocycles. The van der Waals surface area contributed by atoms with Gasteiger partial charge in [0.2, 0.25) is 0 Å². The molecule has 4 aromatic rings. The second-order valence-electron chi connectivity index (χ2n) is 7.20. The number of ether oxygens (including phenoxy) is 3. The molecule has 0 aliphatic rings. The average Bonchev–Trinajstić information content (AvgIpc) is 2.85. The summed E-state index contributed by atoms with van der Waals surface area (Å²) < 4.78 is 17.9. The van der Waals surface area contributed by atoms with E-state index in [1.54, 1.807) is 68.9 Å². The number of hydrogen-bond donors (Lipinski definition) is 2. The number of nitrogens with one attached hydrogen (secondary N) is 2. The van der Waals surface area contributed by atoms with Crippen LogP contribution in [0.2, 0.25) is 5.02 Å². The predicted molar refractivity (Wildman–Crippen MR) is 149 cm³/mol. The molecule has 0 unspecified atom stereocenters. The van der Waals surface area contributed by atoms with Crippen LogP contribution >= 0.6 is 46.4 Å². The molecule has 178 valence electrons. The first-order chi connectivity index (χ1) is 16.9. The lowest BCUT2D eigenvalue weighted by Gasteiger charge is -2.14. The molecule has 0 atom stereocenters. The maximum atomic E-state index is 12.4. The number of aromatic nitrogens is 1. The molecule has 1 amide bonds. The van der Waals surface area contributed by atoms with Crippen LogP contribution in [0.5, 0.6) is 23.0 Å². The number of halogens is 2. The minimum atomic E-state index is -0.304. The van der Waals surface area contributed by atoms with Crippen LogP contribution < -0.4 is 24.8 Å². The van der Waals surface area contributed by atoms with Gasteiger partial charge in [0, 0.05) is 32.5 Å². The highest BCUT2D eigenvalue weighted by Gasteiger charge is 2.13. The van der Waals surface area contributed by atoms with E-state index in [1.165, 1.54) is 0 Å². The number of methoxy groups -OCH3 is 2. The van der Waals surface area contributed by atoms with Gasteiger partial charge in [-0.05, 0) is 89.4 Å². The number of rotatable bonds is 6. The zero-order chi connectivity index (χ0) is 24.9. The van der Waals surface area contributed by atoms with E-state index >= 15 is 0 Å². The van der Waals surface area contributed by atoms with Gasteiger partial charge in [0.15, 0.2) is 16.6 Å². The maximum absolute atomic E-state index is 12.4. The van der Waals surface area contributed by atoms with Crippen LogP contribution in [0.25, 0.3) is 10.9 Å². The summed E-state index contributed by atoms with van der Waals surface area (Å²) in [5, 5.41) is 6.86. The smallest absolute Gasteiger partial charge is 0.257 e. The van der Waals surface area contributed by atoms with Crippen LogP contribution in [0.15, 0.2) is 66.9 Å². The number of hydrogen-bond acceptors (Lipinski definition) is 6. The largest absolute Gasteiger partial charge is 0.493 e. The van der Waals surface area contributed by atoms with E-state index in [1.807, 2.05) is 12.1 Å². The van der Waals surface area contributed by atoms with Gasteiger partial charge < -0.3 is 19.5 Å². The van der Waals surface area contributed by atoms with Crippen LogP contribution in [0.1, 0.15) is 10.4 Å². The highest BCUT2D eigenvalue weighted by atomic mass is 127. The van der Waals surface area contributed by atoms with Crippen molar-refractivity contribution in [3.8, 4) is 23.0 Å². The van der Waals surface area contributed by atoms with Gasteiger partial charge in [0.05, 0.1) is 24.8 Å². The Balaban J connectivity index is 1.48. The first-order valence-corrected chi connectivity index (χ1v) is 12.1. The first-order valence-electron chi connectivity index (χ1n) is 10.2. The van der Waals surface area contributed by atoms with Gasteiger partial charge in [-0.1, -0.05) is 11.6 Å². The number of carbonyl (C=O) groups is 1. The molecule has 0 radical (unpaired) electrons. The van der Waals surface area contributed by atoms with Gasteiger partial charge in [-0.25, -0.2) is 0 Å². The fourth-order valence-electron chi connectivity index (χ4n) is 3.26. The highest BCUT2D eigenvalue weighted by molar-refractivity contribution is 14.1. The molecule has 0 bridgehead atoms. The summed E-state index contributed by atoms with van der Waals surface area (Å²) in [5.41, 5.74) is 1.79. The SMILES string of the molecule is COc1cc2nccc(Oc3ccc(NC(=S)NC(=O)c4ccc(I)cc4)cc3Cl)c2cc1OC. The number of amides is 1. The van der Waals surface area contributed by atoms with E-state index in [0.29, 0.717) is 44.8 Å². The van der Waals surface area contributed by atoms with E-state index in [0.717, 1.165) is 8.96 Å². The molecule has 0 aliphatic carbocycles. The topological polar surface area (TPSA) is 81.7 Å². The first kappa shape index (κ1) is 25.0. The summed E-state index contributed by atoms with van der Waals surface area (Å²) in [6, 6.07) is 17.6. The molecular weight excluding hydrogens is 601 g/mol. The molecule has 1 aromatic heterocycles. The lowest BCUT2D eigenvalue weighted by atomic mass is 10.2. The van der Waals surface area contributed by atoms with Crippen molar-refractivity contribution in [3.63, 3.8) is 0 Å². The standard InChI is InChI=1S/C25H19ClIN3O4S/c1-32-22-12-17-19(13-23(22)33-2)28-10-9-20(17)34-21-8-7-16(11-18(21)26)29-25(35)30-24(31)14-3-5-15(27)6-4-14/h3-13H,1-2H3,(H2,29,30,31,35). The third-order valence-electron chi connectivity index (χ3n) is 4.95. The fourth-order valence-corrected chi connectivity index (χ4v) is 4.04.